The number of aromatic nitrogens is 4. The molecule has 98 valence electrons. The highest BCUT2D eigenvalue weighted by molar-refractivity contribution is 6.03. The Balaban J connectivity index is 2.20. The highest BCUT2D eigenvalue weighted by Gasteiger charge is 2.16. The summed E-state index contributed by atoms with van der Waals surface area (Å²) in [5.74, 6) is -1.21. The molecule has 1 aromatic carbocycles. The number of benzene rings is 1. The van der Waals surface area contributed by atoms with Crippen molar-refractivity contribution in [3.8, 4) is 5.75 Å². The summed E-state index contributed by atoms with van der Waals surface area (Å²) in [6.07, 6.45) is 0. The van der Waals surface area contributed by atoms with E-state index >= 15 is 0 Å². The number of tetrazole rings is 1. The monoisotopic (exact) mass is 264 g/mol. The number of phenolic OH excluding ortho intramolecular Hbond substituents is 1. The maximum atomic E-state index is 11.7. The fourth-order valence-electron chi connectivity index (χ4n) is 1.33. The Hall–Kier alpha value is -3.04. The molecule has 10 heteroatoms. The van der Waals surface area contributed by atoms with Crippen LogP contribution in [0.4, 0.5) is 11.6 Å². The van der Waals surface area contributed by atoms with Crippen molar-refractivity contribution in [2.45, 2.75) is 0 Å². The van der Waals surface area contributed by atoms with Crippen molar-refractivity contribution >= 4 is 17.5 Å². The van der Waals surface area contributed by atoms with Crippen LogP contribution in [0.25, 0.3) is 0 Å². The Labute approximate surface area is 105 Å². The zero-order valence-corrected chi connectivity index (χ0v) is 9.64. The van der Waals surface area contributed by atoms with Crippen LogP contribution in [0.5, 0.6) is 5.75 Å². The summed E-state index contributed by atoms with van der Waals surface area (Å²) in [5, 5.41) is 33.1. The molecular weight excluding hydrogens is 256 g/mol. The fraction of sp³-hybridized carbons (Fsp3) is 0.111. The number of aryl methyl sites for hydroxylation is 1. The van der Waals surface area contributed by atoms with Crippen molar-refractivity contribution in [2.75, 3.05) is 5.32 Å². The lowest BCUT2D eigenvalue weighted by atomic mass is 10.2. The Bertz CT molecular complexity index is 652. The predicted octanol–water partition coefficient (Wildman–Crippen LogP) is 0.0762. The molecule has 0 spiro atoms. The molecule has 10 nitrogen and oxygen atoms in total. The normalized spacial score (nSPS) is 10.2. The van der Waals surface area contributed by atoms with Crippen molar-refractivity contribution in [1.29, 1.82) is 0 Å². The van der Waals surface area contributed by atoms with Gasteiger partial charge in [-0.2, -0.15) is 4.80 Å². The quantitative estimate of drug-likeness (QED) is 0.591. The van der Waals surface area contributed by atoms with Gasteiger partial charge in [0, 0.05) is 11.6 Å². The number of anilines is 1. The number of nitrogens with zero attached hydrogens (tertiary/aromatic N) is 5. The topological polar surface area (TPSA) is 136 Å². The summed E-state index contributed by atoms with van der Waals surface area (Å²) < 4.78 is 0. The van der Waals surface area contributed by atoms with Crippen LogP contribution in [0.2, 0.25) is 0 Å². The molecule has 19 heavy (non-hydrogen) atoms. The number of carbonyl (C=O) groups is 1. The first kappa shape index (κ1) is 12.4. The van der Waals surface area contributed by atoms with E-state index in [1.807, 2.05) is 0 Å². The van der Waals surface area contributed by atoms with Crippen LogP contribution in [-0.4, -0.2) is 36.1 Å². The molecule has 1 aromatic heterocycles. The fourth-order valence-corrected chi connectivity index (χ4v) is 1.33. The van der Waals surface area contributed by atoms with Crippen molar-refractivity contribution in [2.24, 2.45) is 7.05 Å². The van der Waals surface area contributed by atoms with Gasteiger partial charge in [0.15, 0.2) is 5.75 Å². The molecule has 0 aliphatic carbocycles. The number of carbonyl (C=O) groups excluding carboxylic acids is 1. The molecule has 0 aliphatic heterocycles. The van der Waals surface area contributed by atoms with Crippen LogP contribution in [-0.2, 0) is 7.05 Å². The number of rotatable bonds is 3. The molecule has 0 radical (unpaired) electrons. The first-order valence-electron chi connectivity index (χ1n) is 5.00. The zero-order valence-electron chi connectivity index (χ0n) is 9.64. The second kappa shape index (κ2) is 4.68. The summed E-state index contributed by atoms with van der Waals surface area (Å²) in [4.78, 5) is 22.7. The average Bonchev–Trinajstić information content (AvgIpc) is 2.74. The van der Waals surface area contributed by atoms with Crippen molar-refractivity contribution < 1.29 is 14.8 Å². The van der Waals surface area contributed by atoms with E-state index in [0.29, 0.717) is 0 Å². The number of hydrogen-bond acceptors (Lipinski definition) is 7. The number of amides is 1. The van der Waals surface area contributed by atoms with Crippen molar-refractivity contribution in [1.82, 2.24) is 20.2 Å². The Kier molecular flexibility index (Phi) is 3.06. The number of nitro groups is 1. The summed E-state index contributed by atoms with van der Waals surface area (Å²) in [7, 11) is 1.53. The first-order chi connectivity index (χ1) is 8.97. The molecule has 1 amide bonds. The molecule has 0 saturated carbocycles. The van der Waals surface area contributed by atoms with Crippen LogP contribution in [0.15, 0.2) is 18.2 Å². The van der Waals surface area contributed by atoms with Crippen LogP contribution in [0.3, 0.4) is 0 Å². The SMILES string of the molecule is Cn1nnc(NC(=O)c2ccc([N+](=O)[O-])c(O)c2)n1. The molecule has 2 aromatic rings. The molecule has 0 saturated heterocycles. The van der Waals surface area contributed by atoms with Gasteiger partial charge in [-0.1, -0.05) is 5.10 Å². The number of aromatic hydroxyl groups is 1. The number of nitro benzene ring substituents is 1. The van der Waals surface area contributed by atoms with Crippen LogP contribution >= 0.6 is 0 Å². The lowest BCUT2D eigenvalue weighted by molar-refractivity contribution is -0.385. The van der Waals surface area contributed by atoms with E-state index in [1.54, 1.807) is 0 Å². The van der Waals surface area contributed by atoms with Gasteiger partial charge in [-0.15, -0.1) is 5.10 Å². The van der Waals surface area contributed by atoms with Crippen molar-refractivity contribution in [3.05, 3.63) is 33.9 Å². The van der Waals surface area contributed by atoms with Gasteiger partial charge in [0.1, 0.15) is 0 Å². The average molecular weight is 264 g/mol. The minimum absolute atomic E-state index is 0.00894. The van der Waals surface area contributed by atoms with E-state index < -0.39 is 22.3 Å². The van der Waals surface area contributed by atoms with E-state index in [0.717, 1.165) is 16.9 Å². The standard InChI is InChI=1S/C9H8N6O4/c1-14-12-9(11-13-14)10-8(17)5-2-3-6(15(18)19)7(16)4-5/h2-4,16H,1H3,(H,10,12,17). The van der Waals surface area contributed by atoms with Gasteiger partial charge in [0.2, 0.25) is 0 Å². The second-order valence-electron chi connectivity index (χ2n) is 3.52. The van der Waals surface area contributed by atoms with E-state index in [-0.39, 0.29) is 11.5 Å². The molecule has 0 bridgehead atoms. The van der Waals surface area contributed by atoms with Crippen LogP contribution < -0.4 is 5.32 Å². The maximum Gasteiger partial charge on any atom is 0.310 e. The molecular formula is C9H8N6O4. The number of hydrogen-bond donors (Lipinski definition) is 2. The minimum atomic E-state index is -0.749. The minimum Gasteiger partial charge on any atom is -0.502 e. The third-order valence-corrected chi connectivity index (χ3v) is 2.17. The predicted molar refractivity (Wildman–Crippen MR) is 61.5 cm³/mol. The Morgan fingerprint density at radius 2 is 2.26 bits per heavy atom. The smallest absolute Gasteiger partial charge is 0.310 e. The van der Waals surface area contributed by atoms with E-state index in [9.17, 15) is 20.0 Å². The maximum absolute atomic E-state index is 11.7. The van der Waals surface area contributed by atoms with E-state index in [4.69, 9.17) is 0 Å². The lowest BCUT2D eigenvalue weighted by Gasteiger charge is -2.01. The molecule has 2 N–H and O–H groups in total. The van der Waals surface area contributed by atoms with Gasteiger partial charge in [0.25, 0.3) is 11.9 Å². The second-order valence-corrected chi connectivity index (χ2v) is 3.52. The van der Waals surface area contributed by atoms with Gasteiger partial charge >= 0.3 is 5.69 Å². The van der Waals surface area contributed by atoms with Gasteiger partial charge in [-0.3, -0.25) is 20.2 Å². The highest BCUT2D eigenvalue weighted by atomic mass is 16.6. The Morgan fingerprint density at radius 3 is 2.79 bits per heavy atom. The summed E-state index contributed by atoms with van der Waals surface area (Å²) in [5.41, 5.74) is -0.440. The molecule has 0 atom stereocenters. The Morgan fingerprint density at radius 1 is 1.53 bits per heavy atom. The lowest BCUT2D eigenvalue weighted by Crippen LogP contribution is -2.13. The molecule has 0 aliphatic rings. The zero-order chi connectivity index (χ0) is 14.0. The number of phenols is 1. The highest BCUT2D eigenvalue weighted by Crippen LogP contribution is 2.26. The summed E-state index contributed by atoms with van der Waals surface area (Å²) >= 11 is 0. The van der Waals surface area contributed by atoms with Gasteiger partial charge < -0.3 is 5.11 Å². The molecule has 0 fully saturated rings. The third kappa shape index (κ3) is 2.62. The molecule has 1 heterocycles. The van der Waals surface area contributed by atoms with Crippen LogP contribution in [0, 0.1) is 10.1 Å². The van der Waals surface area contributed by atoms with E-state index in [2.05, 4.69) is 20.7 Å². The van der Waals surface area contributed by atoms with Crippen molar-refractivity contribution in [3.63, 3.8) is 0 Å². The van der Waals surface area contributed by atoms with Crippen LogP contribution in [0.1, 0.15) is 10.4 Å². The summed E-state index contributed by atoms with van der Waals surface area (Å²) in [6.45, 7) is 0. The number of nitrogens with one attached hydrogen (secondary N) is 1. The van der Waals surface area contributed by atoms with Gasteiger partial charge in [-0.05, 0) is 17.3 Å². The third-order valence-electron chi connectivity index (χ3n) is 2.17. The first-order valence-corrected chi connectivity index (χ1v) is 5.00. The largest absolute Gasteiger partial charge is 0.502 e. The molecule has 0 unspecified atom stereocenters. The molecule has 2 rings (SSSR count). The van der Waals surface area contributed by atoms with Gasteiger partial charge in [-0.25, -0.2) is 0 Å². The summed E-state index contributed by atoms with van der Waals surface area (Å²) in [6, 6.07) is 3.24. The van der Waals surface area contributed by atoms with E-state index in [1.165, 1.54) is 13.1 Å². The van der Waals surface area contributed by atoms with Gasteiger partial charge in [0.05, 0.1) is 12.0 Å².